The lowest BCUT2D eigenvalue weighted by Crippen LogP contribution is -2.36. The van der Waals surface area contributed by atoms with Crippen molar-refractivity contribution in [2.75, 3.05) is 5.32 Å². The highest BCUT2D eigenvalue weighted by Crippen LogP contribution is 2.19. The van der Waals surface area contributed by atoms with Gasteiger partial charge in [-0.05, 0) is 43.2 Å². The van der Waals surface area contributed by atoms with Crippen molar-refractivity contribution in [3.63, 3.8) is 0 Å². The molecule has 2 rings (SSSR count). The maximum Gasteiger partial charge on any atom is 0.262 e. The van der Waals surface area contributed by atoms with Gasteiger partial charge in [0.05, 0.1) is 17.8 Å². The molecule has 0 fully saturated rings. The Kier molecular flexibility index (Phi) is 6.28. The summed E-state index contributed by atoms with van der Waals surface area (Å²) in [4.78, 5) is 12.3. The predicted octanol–water partition coefficient (Wildman–Crippen LogP) is 3.05. The maximum absolute atomic E-state index is 13.5. The average molecular weight is 354 g/mol. The summed E-state index contributed by atoms with van der Waals surface area (Å²) in [5.41, 5.74) is 4.07. The fourth-order valence-corrected chi connectivity index (χ4v) is 2.32. The molecule has 0 bridgehead atoms. The first-order valence-electron chi connectivity index (χ1n) is 8.03. The number of nitriles is 1. The average Bonchev–Trinajstić information content (AvgIpc) is 2.62. The Morgan fingerprint density at radius 2 is 2.19 bits per heavy atom. The van der Waals surface area contributed by atoms with Gasteiger partial charge in [0.1, 0.15) is 17.6 Å². The molecule has 0 saturated carbocycles. The molecule has 26 heavy (non-hydrogen) atoms. The summed E-state index contributed by atoms with van der Waals surface area (Å²) in [6, 6.07) is 10.2. The van der Waals surface area contributed by atoms with Crippen LogP contribution in [0.25, 0.3) is 0 Å². The van der Waals surface area contributed by atoms with Gasteiger partial charge in [-0.25, -0.2) is 9.82 Å². The Bertz CT molecular complexity index is 874. The zero-order valence-electron chi connectivity index (χ0n) is 14.5. The first kappa shape index (κ1) is 18.9. The lowest BCUT2D eigenvalue weighted by atomic mass is 10.1. The topological polar surface area (TPSA) is 97.5 Å². The quantitative estimate of drug-likeness (QED) is 0.548. The first-order chi connectivity index (χ1) is 12.4. The summed E-state index contributed by atoms with van der Waals surface area (Å²) in [6.45, 7) is 3.55. The van der Waals surface area contributed by atoms with Gasteiger partial charge in [0.15, 0.2) is 0 Å². The number of halogens is 1. The highest BCUT2D eigenvalue weighted by atomic mass is 19.1. The third-order valence-corrected chi connectivity index (χ3v) is 3.74. The molecule has 6 nitrogen and oxygen atoms in total. The van der Waals surface area contributed by atoms with Crippen molar-refractivity contribution in [3.05, 3.63) is 58.9 Å². The van der Waals surface area contributed by atoms with Crippen LogP contribution < -0.4 is 10.7 Å². The van der Waals surface area contributed by atoms with Crippen LogP contribution in [0.5, 0.6) is 5.75 Å². The number of hydrazone groups is 1. The normalized spacial score (nSPS) is 11.8. The van der Waals surface area contributed by atoms with E-state index in [4.69, 9.17) is 5.26 Å². The number of para-hydroxylation sites is 1. The Morgan fingerprint density at radius 1 is 1.42 bits per heavy atom. The van der Waals surface area contributed by atoms with Gasteiger partial charge in [0.2, 0.25) is 0 Å². The molecular formula is C19H19FN4O2. The maximum atomic E-state index is 13.5. The predicted molar refractivity (Wildman–Crippen MR) is 97.4 cm³/mol. The number of rotatable bonds is 6. The van der Waals surface area contributed by atoms with Crippen molar-refractivity contribution >= 4 is 17.8 Å². The minimum atomic E-state index is -0.661. The molecule has 0 aliphatic heterocycles. The van der Waals surface area contributed by atoms with E-state index < -0.39 is 17.8 Å². The number of benzene rings is 2. The van der Waals surface area contributed by atoms with Crippen LogP contribution in [0.3, 0.4) is 0 Å². The number of aromatic hydroxyl groups is 1. The van der Waals surface area contributed by atoms with Gasteiger partial charge >= 0.3 is 0 Å². The number of phenols is 1. The highest BCUT2D eigenvalue weighted by Gasteiger charge is 2.16. The van der Waals surface area contributed by atoms with Crippen LogP contribution in [0.2, 0.25) is 0 Å². The largest absolute Gasteiger partial charge is 0.507 e. The van der Waals surface area contributed by atoms with E-state index in [1.54, 1.807) is 32.0 Å². The molecule has 7 heteroatoms. The lowest BCUT2D eigenvalue weighted by molar-refractivity contribution is -0.121. The zero-order chi connectivity index (χ0) is 19.1. The molecule has 3 N–H and O–H groups in total. The van der Waals surface area contributed by atoms with Crippen LogP contribution in [-0.4, -0.2) is 23.3 Å². The Hall–Kier alpha value is -3.40. The number of carbonyl (C=O) groups is 1. The van der Waals surface area contributed by atoms with E-state index in [9.17, 15) is 14.3 Å². The van der Waals surface area contributed by atoms with Crippen LogP contribution in [0, 0.1) is 24.1 Å². The molecule has 0 spiro atoms. The smallest absolute Gasteiger partial charge is 0.262 e. The minimum absolute atomic E-state index is 0.0967. The second-order valence-electron chi connectivity index (χ2n) is 5.69. The van der Waals surface area contributed by atoms with Crippen molar-refractivity contribution in [1.29, 1.82) is 5.26 Å². The monoisotopic (exact) mass is 354 g/mol. The molecule has 0 aliphatic rings. The molecule has 1 unspecified atom stereocenters. The Morgan fingerprint density at radius 3 is 2.88 bits per heavy atom. The summed E-state index contributed by atoms with van der Waals surface area (Å²) in [6.07, 6.45) is 1.78. The third-order valence-electron chi connectivity index (χ3n) is 3.74. The fourth-order valence-electron chi connectivity index (χ4n) is 2.32. The van der Waals surface area contributed by atoms with E-state index >= 15 is 0 Å². The molecule has 0 saturated heterocycles. The van der Waals surface area contributed by atoms with E-state index in [0.717, 1.165) is 6.07 Å². The van der Waals surface area contributed by atoms with Crippen LogP contribution >= 0.6 is 0 Å². The number of aryl methyl sites for hydroxylation is 1. The summed E-state index contributed by atoms with van der Waals surface area (Å²) in [5.74, 6) is -0.882. The molecule has 0 heterocycles. The molecule has 0 aliphatic carbocycles. The van der Waals surface area contributed by atoms with Gasteiger partial charge in [-0.3, -0.25) is 4.79 Å². The second-order valence-corrected chi connectivity index (χ2v) is 5.69. The number of anilines is 1. The fraction of sp³-hybridized carbons (Fsp3) is 0.211. The number of amides is 1. The van der Waals surface area contributed by atoms with Gasteiger partial charge in [0.25, 0.3) is 5.91 Å². The summed E-state index contributed by atoms with van der Waals surface area (Å²) < 4.78 is 13.5. The zero-order valence-corrected chi connectivity index (χ0v) is 14.5. The van der Waals surface area contributed by atoms with Crippen LogP contribution in [-0.2, 0) is 4.79 Å². The molecule has 1 atom stereocenters. The van der Waals surface area contributed by atoms with Crippen molar-refractivity contribution in [2.24, 2.45) is 5.10 Å². The van der Waals surface area contributed by atoms with Gasteiger partial charge < -0.3 is 10.4 Å². The molecule has 2 aromatic carbocycles. The Labute approximate surface area is 151 Å². The molecule has 2 aromatic rings. The van der Waals surface area contributed by atoms with E-state index in [1.807, 2.05) is 6.07 Å². The first-order valence-corrected chi connectivity index (χ1v) is 8.03. The van der Waals surface area contributed by atoms with Crippen LogP contribution in [0.15, 0.2) is 41.5 Å². The minimum Gasteiger partial charge on any atom is -0.507 e. The van der Waals surface area contributed by atoms with E-state index in [-0.39, 0.29) is 11.3 Å². The molecule has 1 amide bonds. The summed E-state index contributed by atoms with van der Waals surface area (Å²) in [7, 11) is 0. The summed E-state index contributed by atoms with van der Waals surface area (Å²) in [5, 5.41) is 25.5. The van der Waals surface area contributed by atoms with Crippen molar-refractivity contribution in [2.45, 2.75) is 26.3 Å². The number of nitrogens with zero attached hydrogens (tertiary/aromatic N) is 2. The van der Waals surface area contributed by atoms with Gasteiger partial charge in [-0.1, -0.05) is 19.1 Å². The number of carbonyl (C=O) groups excluding carboxylic acids is 1. The number of nitrogens with one attached hydrogen (secondary N) is 2. The van der Waals surface area contributed by atoms with E-state index in [1.165, 1.54) is 18.3 Å². The number of phenolic OH excluding ortho intramolecular Hbond substituents is 1. The van der Waals surface area contributed by atoms with Crippen molar-refractivity contribution in [3.8, 4) is 11.8 Å². The van der Waals surface area contributed by atoms with Crippen LogP contribution in [0.4, 0.5) is 10.1 Å². The second kappa shape index (κ2) is 8.62. The van der Waals surface area contributed by atoms with Crippen molar-refractivity contribution in [1.82, 2.24) is 5.43 Å². The lowest BCUT2D eigenvalue weighted by Gasteiger charge is -2.16. The number of hydrogen-bond donors (Lipinski definition) is 3. The van der Waals surface area contributed by atoms with Crippen LogP contribution in [0.1, 0.15) is 30.0 Å². The van der Waals surface area contributed by atoms with E-state index in [0.29, 0.717) is 23.2 Å². The highest BCUT2D eigenvalue weighted by molar-refractivity contribution is 5.88. The molecule has 0 aromatic heterocycles. The van der Waals surface area contributed by atoms with Crippen molar-refractivity contribution < 1.29 is 14.3 Å². The standard InChI is InChI=1S/C19H19FN4O2/c1-3-17(23-16-8-13(10-21)7-15(20)9-16)19(26)24-22-11-14-6-4-5-12(2)18(14)25/h4-9,11,17,23,25H,3H2,1-2H3,(H,24,26). The Balaban J connectivity index is 2.05. The molecular weight excluding hydrogens is 335 g/mol. The number of hydrogen-bond acceptors (Lipinski definition) is 5. The van der Waals surface area contributed by atoms with Gasteiger partial charge in [-0.2, -0.15) is 10.4 Å². The van der Waals surface area contributed by atoms with Gasteiger partial charge in [-0.15, -0.1) is 0 Å². The molecule has 134 valence electrons. The third kappa shape index (κ3) is 4.80. The molecule has 0 radical (unpaired) electrons. The SMILES string of the molecule is CCC(Nc1cc(F)cc(C#N)c1)C(=O)NN=Cc1cccc(C)c1O. The van der Waals surface area contributed by atoms with E-state index in [2.05, 4.69) is 15.8 Å². The van der Waals surface area contributed by atoms with Gasteiger partial charge in [0, 0.05) is 11.3 Å². The summed E-state index contributed by atoms with van der Waals surface area (Å²) >= 11 is 0.